The Hall–Kier alpha value is -1.31. The van der Waals surface area contributed by atoms with Gasteiger partial charge in [-0.25, -0.2) is 4.39 Å². The number of halogens is 2. The number of nitrogens with zero attached hydrogens (tertiary/aromatic N) is 2. The van der Waals surface area contributed by atoms with Crippen LogP contribution in [0.3, 0.4) is 0 Å². The van der Waals surface area contributed by atoms with E-state index >= 15 is 0 Å². The molecule has 1 atom stereocenters. The van der Waals surface area contributed by atoms with E-state index in [9.17, 15) is 4.39 Å². The number of rotatable bonds is 5. The third kappa shape index (κ3) is 3.23. The molecule has 108 valence electrons. The minimum atomic E-state index is -0.864. The molecule has 1 unspecified atom stereocenters. The summed E-state index contributed by atoms with van der Waals surface area (Å²) in [5.74, 6) is 0.143. The SMILES string of the molecule is CCOCC(C)(N)c1noc(-c2cc(F)ccc2Br)n1. The van der Waals surface area contributed by atoms with Gasteiger partial charge >= 0.3 is 0 Å². The average molecular weight is 344 g/mol. The zero-order chi connectivity index (χ0) is 14.8. The minimum Gasteiger partial charge on any atom is -0.379 e. The van der Waals surface area contributed by atoms with E-state index in [4.69, 9.17) is 15.0 Å². The van der Waals surface area contributed by atoms with Gasteiger partial charge < -0.3 is 15.0 Å². The summed E-state index contributed by atoms with van der Waals surface area (Å²) in [6.45, 7) is 4.44. The molecule has 0 spiro atoms. The summed E-state index contributed by atoms with van der Waals surface area (Å²) in [6, 6.07) is 4.24. The fourth-order valence-electron chi connectivity index (χ4n) is 1.60. The topological polar surface area (TPSA) is 74.2 Å². The van der Waals surface area contributed by atoms with E-state index in [1.807, 2.05) is 6.92 Å². The van der Waals surface area contributed by atoms with Gasteiger partial charge in [0.1, 0.15) is 11.4 Å². The van der Waals surface area contributed by atoms with Crippen molar-refractivity contribution in [2.75, 3.05) is 13.2 Å². The molecule has 0 amide bonds. The van der Waals surface area contributed by atoms with Crippen LogP contribution in [0.5, 0.6) is 0 Å². The average Bonchev–Trinajstić information content (AvgIpc) is 2.89. The van der Waals surface area contributed by atoms with Gasteiger partial charge in [0.25, 0.3) is 5.89 Å². The predicted molar refractivity (Wildman–Crippen MR) is 75.4 cm³/mol. The standard InChI is InChI=1S/C13H15BrFN3O2/c1-3-19-7-13(2,16)12-17-11(20-18-12)9-6-8(15)4-5-10(9)14/h4-6H,3,7,16H2,1-2H3. The Kier molecular flexibility index (Phi) is 4.52. The first-order chi connectivity index (χ1) is 9.44. The molecular weight excluding hydrogens is 329 g/mol. The van der Waals surface area contributed by atoms with E-state index in [1.165, 1.54) is 12.1 Å². The number of ether oxygens (including phenoxy) is 1. The zero-order valence-corrected chi connectivity index (χ0v) is 12.8. The van der Waals surface area contributed by atoms with Crippen molar-refractivity contribution in [3.63, 3.8) is 0 Å². The van der Waals surface area contributed by atoms with Gasteiger partial charge in [-0.05, 0) is 48.0 Å². The lowest BCUT2D eigenvalue weighted by atomic mass is 10.1. The number of aromatic nitrogens is 2. The highest BCUT2D eigenvalue weighted by Crippen LogP contribution is 2.29. The molecule has 0 fully saturated rings. The summed E-state index contributed by atoms with van der Waals surface area (Å²) in [5, 5.41) is 3.85. The van der Waals surface area contributed by atoms with Crippen LogP contribution in [-0.2, 0) is 10.3 Å². The van der Waals surface area contributed by atoms with E-state index in [1.54, 1.807) is 13.0 Å². The van der Waals surface area contributed by atoms with Crippen LogP contribution in [-0.4, -0.2) is 23.4 Å². The maximum atomic E-state index is 13.3. The fourth-order valence-corrected chi connectivity index (χ4v) is 2.02. The number of hydrogen-bond acceptors (Lipinski definition) is 5. The first-order valence-corrected chi connectivity index (χ1v) is 6.89. The van der Waals surface area contributed by atoms with Gasteiger partial charge in [0.05, 0.1) is 12.2 Å². The number of nitrogens with two attached hydrogens (primary N) is 1. The molecular formula is C13H15BrFN3O2. The first kappa shape index (κ1) is 15.1. The minimum absolute atomic E-state index is 0.208. The Labute approximate surface area is 124 Å². The van der Waals surface area contributed by atoms with E-state index in [-0.39, 0.29) is 18.3 Å². The van der Waals surface area contributed by atoms with Crippen LogP contribution in [0.15, 0.2) is 27.2 Å². The molecule has 0 aliphatic rings. The molecule has 0 aliphatic carbocycles. The van der Waals surface area contributed by atoms with Gasteiger partial charge in [-0.3, -0.25) is 0 Å². The van der Waals surface area contributed by atoms with Crippen molar-refractivity contribution in [1.29, 1.82) is 0 Å². The molecule has 1 aromatic carbocycles. The monoisotopic (exact) mass is 343 g/mol. The van der Waals surface area contributed by atoms with Crippen molar-refractivity contribution in [3.8, 4) is 11.5 Å². The fraction of sp³-hybridized carbons (Fsp3) is 0.385. The van der Waals surface area contributed by atoms with E-state index in [2.05, 4.69) is 26.1 Å². The molecule has 2 N–H and O–H groups in total. The van der Waals surface area contributed by atoms with Crippen molar-refractivity contribution in [2.45, 2.75) is 19.4 Å². The predicted octanol–water partition coefficient (Wildman–Crippen LogP) is 2.85. The first-order valence-electron chi connectivity index (χ1n) is 6.10. The van der Waals surface area contributed by atoms with E-state index < -0.39 is 5.54 Å². The summed E-state index contributed by atoms with van der Waals surface area (Å²) in [4.78, 5) is 4.23. The van der Waals surface area contributed by atoms with Crippen molar-refractivity contribution in [1.82, 2.24) is 10.1 Å². The van der Waals surface area contributed by atoms with Crippen molar-refractivity contribution < 1.29 is 13.7 Å². The highest BCUT2D eigenvalue weighted by Gasteiger charge is 2.28. The van der Waals surface area contributed by atoms with E-state index in [0.29, 0.717) is 22.5 Å². The molecule has 1 heterocycles. The quantitative estimate of drug-likeness (QED) is 0.903. The molecule has 0 saturated carbocycles. The van der Waals surface area contributed by atoms with Crippen LogP contribution in [0.25, 0.3) is 11.5 Å². The molecule has 0 radical (unpaired) electrons. The van der Waals surface area contributed by atoms with Gasteiger partial charge in [-0.2, -0.15) is 4.98 Å². The Bertz CT molecular complexity index is 601. The summed E-state index contributed by atoms with van der Waals surface area (Å²) >= 11 is 3.32. The maximum Gasteiger partial charge on any atom is 0.259 e. The molecule has 0 aliphatic heterocycles. The summed E-state index contributed by atoms with van der Waals surface area (Å²) in [7, 11) is 0. The summed E-state index contributed by atoms with van der Waals surface area (Å²) in [5.41, 5.74) is 5.71. The lowest BCUT2D eigenvalue weighted by Gasteiger charge is -2.19. The molecule has 20 heavy (non-hydrogen) atoms. The van der Waals surface area contributed by atoms with Gasteiger partial charge in [0.2, 0.25) is 0 Å². The number of hydrogen-bond donors (Lipinski definition) is 1. The Morgan fingerprint density at radius 2 is 2.25 bits per heavy atom. The van der Waals surface area contributed by atoms with Crippen LogP contribution in [0.1, 0.15) is 19.7 Å². The molecule has 0 bridgehead atoms. The Balaban J connectivity index is 2.31. The molecule has 2 aromatic rings. The van der Waals surface area contributed by atoms with Crippen molar-refractivity contribution >= 4 is 15.9 Å². The largest absolute Gasteiger partial charge is 0.379 e. The molecule has 2 rings (SSSR count). The normalized spacial score (nSPS) is 14.2. The smallest absolute Gasteiger partial charge is 0.259 e. The zero-order valence-electron chi connectivity index (χ0n) is 11.2. The van der Waals surface area contributed by atoms with Gasteiger partial charge in [0.15, 0.2) is 5.82 Å². The maximum absolute atomic E-state index is 13.3. The lowest BCUT2D eigenvalue weighted by molar-refractivity contribution is 0.0962. The molecule has 7 heteroatoms. The second-order valence-corrected chi connectivity index (χ2v) is 5.46. The highest BCUT2D eigenvalue weighted by molar-refractivity contribution is 9.10. The lowest BCUT2D eigenvalue weighted by Crippen LogP contribution is -2.39. The summed E-state index contributed by atoms with van der Waals surface area (Å²) in [6.07, 6.45) is 0. The second-order valence-electron chi connectivity index (χ2n) is 4.60. The van der Waals surface area contributed by atoms with Crippen LogP contribution in [0.4, 0.5) is 4.39 Å². The molecule has 1 aromatic heterocycles. The third-order valence-electron chi connectivity index (χ3n) is 2.70. The van der Waals surface area contributed by atoms with Crippen LogP contribution < -0.4 is 5.73 Å². The summed E-state index contributed by atoms with van der Waals surface area (Å²) < 4.78 is 24.4. The third-order valence-corrected chi connectivity index (χ3v) is 3.39. The Morgan fingerprint density at radius 1 is 1.50 bits per heavy atom. The Morgan fingerprint density at radius 3 is 2.95 bits per heavy atom. The molecule has 0 saturated heterocycles. The van der Waals surface area contributed by atoms with Crippen molar-refractivity contribution in [2.24, 2.45) is 5.73 Å². The van der Waals surface area contributed by atoms with Crippen LogP contribution in [0.2, 0.25) is 0 Å². The van der Waals surface area contributed by atoms with Gasteiger partial charge in [-0.1, -0.05) is 5.16 Å². The van der Waals surface area contributed by atoms with Gasteiger partial charge in [-0.15, -0.1) is 0 Å². The molecule has 5 nitrogen and oxygen atoms in total. The van der Waals surface area contributed by atoms with Crippen LogP contribution >= 0.6 is 15.9 Å². The van der Waals surface area contributed by atoms with Gasteiger partial charge in [0, 0.05) is 11.1 Å². The van der Waals surface area contributed by atoms with Crippen molar-refractivity contribution in [3.05, 3.63) is 34.3 Å². The number of benzene rings is 1. The van der Waals surface area contributed by atoms with Crippen LogP contribution in [0, 0.1) is 5.82 Å². The highest BCUT2D eigenvalue weighted by atomic mass is 79.9. The van der Waals surface area contributed by atoms with E-state index in [0.717, 1.165) is 0 Å². The second kappa shape index (κ2) is 5.99.